The van der Waals surface area contributed by atoms with Crippen LogP contribution in [0.15, 0.2) is 46.6 Å². The average Bonchev–Trinajstić information content (AvgIpc) is 2.47. The Balaban J connectivity index is 2.24. The highest BCUT2D eigenvalue weighted by Crippen LogP contribution is 2.26. The van der Waals surface area contributed by atoms with Crippen molar-refractivity contribution >= 4 is 23.6 Å². The number of aromatic carboxylic acids is 1. The summed E-state index contributed by atoms with van der Waals surface area (Å²) in [5.41, 5.74) is 0.468. The molecule has 0 radical (unpaired) electrons. The van der Waals surface area contributed by atoms with Crippen molar-refractivity contribution in [2.75, 3.05) is 7.05 Å². The summed E-state index contributed by atoms with van der Waals surface area (Å²) >= 11 is 1.27. The molecule has 0 aliphatic rings. The molecule has 20 heavy (non-hydrogen) atoms. The van der Waals surface area contributed by atoms with Gasteiger partial charge in [0.05, 0.1) is 5.56 Å². The monoisotopic (exact) mass is 289 g/mol. The quantitative estimate of drug-likeness (QED) is 0.889. The summed E-state index contributed by atoms with van der Waals surface area (Å²) in [6, 6.07) is 6.26. The van der Waals surface area contributed by atoms with Crippen molar-refractivity contribution < 1.29 is 14.7 Å². The molecule has 2 rings (SSSR count). The van der Waals surface area contributed by atoms with E-state index in [0.717, 1.165) is 4.90 Å². The second kappa shape index (κ2) is 6.16. The molecule has 0 aliphatic carbocycles. The topological polar surface area (TPSA) is 92.2 Å². The summed E-state index contributed by atoms with van der Waals surface area (Å²) in [6.07, 6.45) is 2.96. The van der Waals surface area contributed by atoms with Gasteiger partial charge in [-0.2, -0.15) is 0 Å². The number of pyridine rings is 2. The summed E-state index contributed by atoms with van der Waals surface area (Å²) in [6.45, 7) is 0. The largest absolute Gasteiger partial charge is 0.478 e. The number of nitrogens with one attached hydrogen (secondary N) is 1. The molecule has 0 aromatic carbocycles. The number of nitrogens with zero attached hydrogens (tertiary/aromatic N) is 2. The highest BCUT2D eigenvalue weighted by atomic mass is 32.2. The van der Waals surface area contributed by atoms with Crippen molar-refractivity contribution in [2.45, 2.75) is 9.92 Å². The fourth-order valence-electron chi connectivity index (χ4n) is 1.45. The Kier molecular flexibility index (Phi) is 4.31. The number of carbonyl (C=O) groups excluding carboxylic acids is 1. The highest BCUT2D eigenvalue weighted by Gasteiger charge is 2.08. The minimum absolute atomic E-state index is 0.170. The van der Waals surface area contributed by atoms with E-state index in [0.29, 0.717) is 10.7 Å². The number of hydrogen-bond acceptors (Lipinski definition) is 5. The molecule has 0 saturated carbocycles. The van der Waals surface area contributed by atoms with Gasteiger partial charge in [-0.1, -0.05) is 11.8 Å². The zero-order chi connectivity index (χ0) is 14.5. The fraction of sp³-hybridized carbons (Fsp3) is 0.0769. The lowest BCUT2D eigenvalue weighted by atomic mass is 10.3. The van der Waals surface area contributed by atoms with Crippen LogP contribution < -0.4 is 5.32 Å². The third-order valence-corrected chi connectivity index (χ3v) is 3.32. The van der Waals surface area contributed by atoms with Crippen molar-refractivity contribution in [1.29, 1.82) is 0 Å². The van der Waals surface area contributed by atoms with E-state index >= 15 is 0 Å². The van der Waals surface area contributed by atoms with Crippen LogP contribution in [0.25, 0.3) is 0 Å². The van der Waals surface area contributed by atoms with Crippen molar-refractivity contribution in [2.24, 2.45) is 0 Å². The molecule has 1 amide bonds. The molecule has 0 spiro atoms. The van der Waals surface area contributed by atoms with E-state index in [1.54, 1.807) is 12.1 Å². The molecule has 2 heterocycles. The zero-order valence-electron chi connectivity index (χ0n) is 10.5. The lowest BCUT2D eigenvalue weighted by molar-refractivity contribution is 0.0696. The van der Waals surface area contributed by atoms with E-state index in [-0.39, 0.29) is 11.5 Å². The van der Waals surface area contributed by atoms with Crippen LogP contribution in [0.4, 0.5) is 0 Å². The summed E-state index contributed by atoms with van der Waals surface area (Å²) < 4.78 is 0. The van der Waals surface area contributed by atoms with Crippen molar-refractivity contribution in [1.82, 2.24) is 15.3 Å². The van der Waals surface area contributed by atoms with Gasteiger partial charge in [-0.15, -0.1) is 0 Å². The molecule has 0 bridgehead atoms. The van der Waals surface area contributed by atoms with E-state index in [4.69, 9.17) is 5.11 Å². The van der Waals surface area contributed by atoms with Crippen molar-refractivity contribution in [3.8, 4) is 0 Å². The zero-order valence-corrected chi connectivity index (χ0v) is 11.3. The minimum Gasteiger partial charge on any atom is -0.478 e. The summed E-state index contributed by atoms with van der Waals surface area (Å²) in [4.78, 5) is 31.2. The second-order valence-corrected chi connectivity index (χ2v) is 4.84. The Morgan fingerprint density at radius 3 is 2.65 bits per heavy atom. The Morgan fingerprint density at radius 2 is 1.95 bits per heavy atom. The maximum atomic E-state index is 11.5. The Hall–Kier alpha value is -2.41. The van der Waals surface area contributed by atoms with Crippen LogP contribution in [0.1, 0.15) is 20.8 Å². The maximum absolute atomic E-state index is 11.5. The number of aromatic nitrogens is 2. The van der Waals surface area contributed by atoms with E-state index in [1.165, 1.54) is 43.3 Å². The Labute approximate surface area is 119 Å². The van der Waals surface area contributed by atoms with E-state index < -0.39 is 5.97 Å². The Bertz CT molecular complexity index is 661. The summed E-state index contributed by atoms with van der Waals surface area (Å²) in [7, 11) is 1.53. The third kappa shape index (κ3) is 3.33. The van der Waals surface area contributed by atoms with Crippen molar-refractivity contribution in [3.05, 3.63) is 47.9 Å². The molecule has 0 saturated heterocycles. The van der Waals surface area contributed by atoms with Gasteiger partial charge in [0.15, 0.2) is 0 Å². The van der Waals surface area contributed by atoms with E-state index in [9.17, 15) is 9.59 Å². The molecular weight excluding hydrogens is 278 g/mol. The van der Waals surface area contributed by atoms with Crippen LogP contribution in [0, 0.1) is 0 Å². The summed E-state index contributed by atoms with van der Waals surface area (Å²) in [5.74, 6) is -1.28. The number of rotatable bonds is 4. The SMILES string of the molecule is CNC(=O)c1cc(Sc2cc(C(=O)O)ccn2)ccn1. The van der Waals surface area contributed by atoms with Gasteiger partial charge >= 0.3 is 5.97 Å². The number of amides is 1. The molecule has 2 aromatic heterocycles. The van der Waals surface area contributed by atoms with Crippen LogP contribution in [0.5, 0.6) is 0 Å². The molecule has 2 aromatic rings. The normalized spacial score (nSPS) is 10.1. The number of carbonyl (C=O) groups is 2. The molecule has 102 valence electrons. The van der Waals surface area contributed by atoms with Crippen molar-refractivity contribution in [3.63, 3.8) is 0 Å². The molecule has 6 nitrogen and oxygen atoms in total. The predicted molar refractivity (Wildman–Crippen MR) is 72.9 cm³/mol. The first-order valence-corrected chi connectivity index (χ1v) is 6.47. The number of hydrogen-bond donors (Lipinski definition) is 2. The van der Waals surface area contributed by atoms with Crippen LogP contribution in [0.2, 0.25) is 0 Å². The van der Waals surface area contributed by atoms with Gasteiger partial charge < -0.3 is 10.4 Å². The minimum atomic E-state index is -1.00. The average molecular weight is 289 g/mol. The van der Waals surface area contributed by atoms with Gasteiger partial charge in [0.1, 0.15) is 10.7 Å². The van der Waals surface area contributed by atoms with E-state index in [1.807, 2.05) is 0 Å². The van der Waals surface area contributed by atoms with Crippen LogP contribution in [-0.4, -0.2) is 34.0 Å². The van der Waals surface area contributed by atoms with Gasteiger partial charge in [-0.3, -0.25) is 9.78 Å². The van der Waals surface area contributed by atoms with Gasteiger partial charge in [0.25, 0.3) is 5.91 Å². The number of carboxylic acid groups (broad SMARTS) is 1. The molecule has 0 atom stereocenters. The molecule has 0 unspecified atom stereocenters. The lowest BCUT2D eigenvalue weighted by Gasteiger charge is -2.04. The van der Waals surface area contributed by atoms with Crippen LogP contribution in [-0.2, 0) is 0 Å². The smallest absolute Gasteiger partial charge is 0.335 e. The maximum Gasteiger partial charge on any atom is 0.335 e. The highest BCUT2D eigenvalue weighted by molar-refractivity contribution is 7.99. The first-order chi connectivity index (χ1) is 9.60. The van der Waals surface area contributed by atoms with Gasteiger partial charge in [0, 0.05) is 24.3 Å². The lowest BCUT2D eigenvalue weighted by Crippen LogP contribution is -2.18. The summed E-state index contributed by atoms with van der Waals surface area (Å²) in [5, 5.41) is 12.0. The third-order valence-electron chi connectivity index (χ3n) is 2.40. The second-order valence-electron chi connectivity index (χ2n) is 3.75. The molecule has 0 aliphatic heterocycles. The molecular formula is C13H11N3O3S. The standard InChI is InChI=1S/C13H11N3O3S/c1-14-12(17)10-7-9(3-5-15-10)20-11-6-8(13(18)19)2-4-16-11/h2-7H,1H3,(H,14,17)(H,18,19). The molecule has 7 heteroatoms. The van der Waals surface area contributed by atoms with Gasteiger partial charge in [0.2, 0.25) is 0 Å². The predicted octanol–water partition coefficient (Wildman–Crippen LogP) is 1.69. The van der Waals surface area contributed by atoms with Crippen LogP contribution in [0.3, 0.4) is 0 Å². The first-order valence-electron chi connectivity index (χ1n) is 5.65. The van der Waals surface area contributed by atoms with Crippen LogP contribution >= 0.6 is 11.8 Å². The first kappa shape index (κ1) is 14.0. The van der Waals surface area contributed by atoms with E-state index in [2.05, 4.69) is 15.3 Å². The Morgan fingerprint density at radius 1 is 1.20 bits per heavy atom. The van der Waals surface area contributed by atoms with Gasteiger partial charge in [-0.25, -0.2) is 9.78 Å². The fourth-order valence-corrected chi connectivity index (χ4v) is 2.29. The molecule has 0 fully saturated rings. The number of carboxylic acids is 1. The van der Waals surface area contributed by atoms with Gasteiger partial charge in [-0.05, 0) is 24.3 Å². The molecule has 2 N–H and O–H groups in total.